The largest absolute Gasteiger partial charge is 0.504 e. The van der Waals surface area contributed by atoms with Gasteiger partial charge in [0, 0.05) is 12.1 Å². The van der Waals surface area contributed by atoms with Gasteiger partial charge in [0.2, 0.25) is 0 Å². The van der Waals surface area contributed by atoms with E-state index in [1.807, 2.05) is 43.3 Å². The highest BCUT2D eigenvalue weighted by Gasteiger charge is 2.27. The molecule has 0 heterocycles. The topological polar surface area (TPSA) is 72.6 Å². The number of carbonyl (C=O) groups excluding carboxylic acids is 1. The zero-order valence-corrected chi connectivity index (χ0v) is 33.1. The van der Waals surface area contributed by atoms with Crippen molar-refractivity contribution >= 4 is 11.9 Å². The molecular formula is C48H65NO3. The third kappa shape index (κ3) is 13.8. The van der Waals surface area contributed by atoms with Crippen molar-refractivity contribution in [3.63, 3.8) is 0 Å². The van der Waals surface area contributed by atoms with Gasteiger partial charge in [-0.15, -0.1) is 0 Å². The highest BCUT2D eigenvalue weighted by molar-refractivity contribution is 5.91. The van der Waals surface area contributed by atoms with E-state index in [1.165, 1.54) is 85.6 Å². The number of phenols is 1. The van der Waals surface area contributed by atoms with Gasteiger partial charge < -0.3 is 15.6 Å². The maximum Gasteiger partial charge on any atom is 0.164 e. The van der Waals surface area contributed by atoms with Gasteiger partial charge in [-0.2, -0.15) is 0 Å². The Balaban J connectivity index is 0.000000230. The first-order valence-electron chi connectivity index (χ1n) is 19.5. The molecule has 4 aromatic rings. The van der Waals surface area contributed by atoms with Gasteiger partial charge >= 0.3 is 0 Å². The third-order valence-corrected chi connectivity index (χ3v) is 10.1. The molecule has 52 heavy (non-hydrogen) atoms. The van der Waals surface area contributed by atoms with E-state index < -0.39 is 0 Å². The maximum absolute atomic E-state index is 10.6. The van der Waals surface area contributed by atoms with Crippen molar-refractivity contribution < 1.29 is 14.6 Å². The van der Waals surface area contributed by atoms with Crippen molar-refractivity contribution in [3.05, 3.63) is 136 Å². The Hall–Kier alpha value is -4.15. The molecule has 4 nitrogen and oxygen atoms in total. The Labute approximate surface area is 315 Å². The van der Waals surface area contributed by atoms with Crippen LogP contribution in [0.15, 0.2) is 97.1 Å². The van der Waals surface area contributed by atoms with E-state index in [9.17, 15) is 9.90 Å². The van der Waals surface area contributed by atoms with E-state index in [4.69, 9.17) is 10.5 Å². The lowest BCUT2D eigenvalue weighted by Gasteiger charge is -2.28. The number of ketones is 1. The quantitative estimate of drug-likeness (QED) is 0.136. The van der Waals surface area contributed by atoms with E-state index in [1.54, 1.807) is 26.2 Å². The van der Waals surface area contributed by atoms with Crippen LogP contribution in [-0.4, -0.2) is 18.0 Å². The van der Waals surface area contributed by atoms with Crippen LogP contribution in [0.4, 0.5) is 0 Å². The molecule has 0 unspecified atom stereocenters. The number of hydrogen-bond acceptors (Lipinski definition) is 4. The number of para-hydroxylation sites is 1. The van der Waals surface area contributed by atoms with Crippen LogP contribution in [0.1, 0.15) is 143 Å². The van der Waals surface area contributed by atoms with Crippen molar-refractivity contribution in [3.8, 4) is 11.5 Å². The summed E-state index contributed by atoms with van der Waals surface area (Å²) in [6.45, 7) is 13.2. The van der Waals surface area contributed by atoms with Crippen molar-refractivity contribution in [1.29, 1.82) is 0 Å². The van der Waals surface area contributed by atoms with Gasteiger partial charge in [-0.25, -0.2) is 0 Å². The van der Waals surface area contributed by atoms with E-state index in [0.717, 1.165) is 29.4 Å². The number of rotatable bonds is 13. The van der Waals surface area contributed by atoms with Gasteiger partial charge in [-0.05, 0) is 103 Å². The van der Waals surface area contributed by atoms with Crippen molar-refractivity contribution in [2.75, 3.05) is 7.11 Å². The summed E-state index contributed by atoms with van der Waals surface area (Å²) >= 11 is 0. The van der Waals surface area contributed by atoms with E-state index in [2.05, 4.69) is 82.3 Å². The second kappa shape index (κ2) is 22.0. The van der Waals surface area contributed by atoms with E-state index in [-0.39, 0.29) is 16.9 Å². The summed E-state index contributed by atoms with van der Waals surface area (Å²) in [6, 6.07) is 31.6. The lowest BCUT2D eigenvalue weighted by Crippen LogP contribution is -2.21. The fourth-order valence-corrected chi connectivity index (χ4v) is 7.31. The molecule has 1 fully saturated rings. The molecule has 0 saturated heterocycles. The van der Waals surface area contributed by atoms with Crippen LogP contribution < -0.4 is 10.5 Å². The lowest BCUT2D eigenvalue weighted by molar-refractivity contribution is -0.112. The fraction of sp³-hybridized carbons (Fsp3) is 0.438. The molecule has 4 aromatic carbocycles. The maximum atomic E-state index is 10.6. The highest BCUT2D eigenvalue weighted by atomic mass is 16.5. The number of aryl methyl sites for hydroxylation is 1. The molecule has 1 aliphatic rings. The summed E-state index contributed by atoms with van der Waals surface area (Å²) in [5.74, 6) is 2.34. The molecule has 0 amide bonds. The van der Waals surface area contributed by atoms with Gasteiger partial charge in [-0.1, -0.05) is 156 Å². The van der Waals surface area contributed by atoms with E-state index in [0.29, 0.717) is 12.3 Å². The molecule has 0 aliphatic heterocycles. The summed E-state index contributed by atoms with van der Waals surface area (Å²) in [5.41, 5.74) is 14.5. The molecule has 0 radical (unpaired) electrons. The molecular weight excluding hydrogens is 639 g/mol. The van der Waals surface area contributed by atoms with Gasteiger partial charge in [0.25, 0.3) is 0 Å². The molecule has 1 saturated carbocycles. The predicted molar refractivity (Wildman–Crippen MR) is 221 cm³/mol. The minimum atomic E-state index is -0.116. The summed E-state index contributed by atoms with van der Waals surface area (Å²) < 4.78 is 5.47. The van der Waals surface area contributed by atoms with Crippen LogP contribution in [0.2, 0.25) is 0 Å². The average Bonchev–Trinajstić information content (AvgIpc) is 3.15. The summed E-state index contributed by atoms with van der Waals surface area (Å²) in [7, 11) is 1.62. The van der Waals surface area contributed by atoms with Gasteiger partial charge in [0.15, 0.2) is 17.3 Å². The standard InChI is InChI=1S/C23H30O2.C14H23N.C11H12O/c1-23(2,20-13-8-14-21(24)22(20)25-3)16-17-9-7-12-19(15-17)18-10-5-4-6-11-18;1-3-6-13(7-4-2)14-9-5-8-12(10-14)11-15;1-9-3-6-11(7-4-9)8-5-10(2)12/h7-9,12-15,18,24H,4-6,10-11,16H2,1-3H3;5,8-10,13H,3-4,6-7,11,15H2,1-2H3;3-8H,1-2H3/b;;8-5+. The van der Waals surface area contributed by atoms with Crippen LogP contribution in [0, 0.1) is 6.92 Å². The van der Waals surface area contributed by atoms with Gasteiger partial charge in [0.1, 0.15) is 0 Å². The summed E-state index contributed by atoms with van der Waals surface area (Å²) in [5, 5.41) is 10.1. The highest BCUT2D eigenvalue weighted by Crippen LogP contribution is 2.40. The minimum absolute atomic E-state index is 0.0792. The molecule has 0 bridgehead atoms. The molecule has 0 atom stereocenters. The number of nitrogens with two attached hydrogens (primary N) is 1. The number of benzene rings is 4. The third-order valence-electron chi connectivity index (χ3n) is 10.1. The van der Waals surface area contributed by atoms with Crippen LogP contribution in [-0.2, 0) is 23.2 Å². The first kappa shape index (κ1) is 42.3. The average molecular weight is 704 g/mol. The Morgan fingerprint density at radius 3 is 2.13 bits per heavy atom. The zero-order chi connectivity index (χ0) is 37.9. The molecule has 5 rings (SSSR count). The number of hydrogen-bond donors (Lipinski definition) is 2. The number of allylic oxidation sites excluding steroid dienone is 1. The Morgan fingerprint density at radius 1 is 0.885 bits per heavy atom. The predicted octanol–water partition coefficient (Wildman–Crippen LogP) is 12.4. The Morgan fingerprint density at radius 2 is 1.52 bits per heavy atom. The Kier molecular flexibility index (Phi) is 17.9. The molecule has 1 aliphatic carbocycles. The monoisotopic (exact) mass is 703 g/mol. The number of ether oxygens (including phenoxy) is 1. The van der Waals surface area contributed by atoms with Crippen LogP contribution in [0.25, 0.3) is 6.08 Å². The SMILES string of the molecule is CC(=O)/C=C/c1ccc(C)cc1.CCCC(CCC)c1cccc(CN)c1.COc1c(O)cccc1C(C)(C)Cc1cccc(C2CCCCC2)c1. The molecule has 280 valence electrons. The number of methoxy groups -OCH3 is 1. The van der Waals surface area contributed by atoms with Crippen LogP contribution in [0.5, 0.6) is 11.5 Å². The zero-order valence-electron chi connectivity index (χ0n) is 33.1. The normalized spacial score (nSPS) is 13.2. The van der Waals surface area contributed by atoms with Crippen LogP contribution >= 0.6 is 0 Å². The minimum Gasteiger partial charge on any atom is -0.504 e. The van der Waals surface area contributed by atoms with Crippen molar-refractivity contribution in [2.45, 2.75) is 130 Å². The molecule has 3 N–H and O–H groups in total. The molecule has 0 aromatic heterocycles. The second-order valence-electron chi connectivity index (χ2n) is 15.1. The number of phenolic OH excluding ortho intramolecular Hbond substituents is 1. The fourth-order valence-electron chi connectivity index (χ4n) is 7.31. The summed E-state index contributed by atoms with van der Waals surface area (Å²) in [6.07, 6.45) is 16.2. The first-order chi connectivity index (χ1) is 25.0. The lowest BCUT2D eigenvalue weighted by atomic mass is 9.77. The number of aromatic hydroxyl groups is 1. The first-order valence-corrected chi connectivity index (χ1v) is 19.5. The second-order valence-corrected chi connectivity index (χ2v) is 15.1. The smallest absolute Gasteiger partial charge is 0.164 e. The number of carbonyl (C=O) groups is 1. The molecule has 4 heteroatoms. The van der Waals surface area contributed by atoms with Crippen molar-refractivity contribution in [2.24, 2.45) is 5.73 Å². The summed E-state index contributed by atoms with van der Waals surface area (Å²) in [4.78, 5) is 10.6. The van der Waals surface area contributed by atoms with Gasteiger partial charge in [0.05, 0.1) is 7.11 Å². The Bertz CT molecular complexity index is 1660. The van der Waals surface area contributed by atoms with E-state index >= 15 is 0 Å². The van der Waals surface area contributed by atoms with Crippen molar-refractivity contribution in [1.82, 2.24) is 0 Å². The molecule has 0 spiro atoms. The van der Waals surface area contributed by atoms with Crippen LogP contribution in [0.3, 0.4) is 0 Å². The van der Waals surface area contributed by atoms with Gasteiger partial charge in [-0.3, -0.25) is 4.79 Å².